The average molecular weight is 1090 g/mol. The van der Waals surface area contributed by atoms with Gasteiger partial charge in [-0.1, -0.05) is 50.2 Å². The van der Waals surface area contributed by atoms with Crippen molar-refractivity contribution >= 4 is 55.1 Å². The molecule has 1 saturated carbocycles. The molecule has 1 atom stereocenters. The highest BCUT2D eigenvalue weighted by molar-refractivity contribution is 7.90. The maximum atomic E-state index is 16.7. The van der Waals surface area contributed by atoms with E-state index in [1.807, 2.05) is 35.6 Å². The van der Waals surface area contributed by atoms with Crippen molar-refractivity contribution in [1.29, 1.82) is 0 Å². The minimum atomic E-state index is -4.97. The molecule has 3 aromatic heterocycles. The van der Waals surface area contributed by atoms with Crippen molar-refractivity contribution in [2.24, 2.45) is 5.41 Å². The van der Waals surface area contributed by atoms with Crippen molar-refractivity contribution in [2.45, 2.75) is 94.5 Å². The second kappa shape index (κ2) is 20.9. The Kier molecular flexibility index (Phi) is 14.1. The topological polar surface area (TPSA) is 207 Å². The quantitative estimate of drug-likeness (QED) is 0.0495. The van der Waals surface area contributed by atoms with E-state index in [9.17, 15) is 23.3 Å². The molecule has 4 fully saturated rings. The molecule has 6 heterocycles. The molecule has 4 aromatic carbocycles. The predicted octanol–water partition coefficient (Wildman–Crippen LogP) is 9.68. The van der Waals surface area contributed by atoms with Crippen LogP contribution < -0.4 is 24.4 Å². The Morgan fingerprint density at radius 3 is 2.42 bits per heavy atom. The normalized spacial score (nSPS) is 19.1. The number of nitro benzene ring substituents is 1. The number of ether oxygens (including phenoxy) is 2. The summed E-state index contributed by atoms with van der Waals surface area (Å²) in [6.07, 6.45) is 6.55. The Hall–Kier alpha value is -7.20. The van der Waals surface area contributed by atoms with Crippen LogP contribution in [0.15, 0.2) is 102 Å². The number of hydrogen-bond acceptors (Lipinski definition) is 14. The van der Waals surface area contributed by atoms with Crippen LogP contribution in [0, 0.1) is 21.3 Å². The lowest BCUT2D eigenvalue weighted by Crippen LogP contribution is -2.68. The first kappa shape index (κ1) is 52.8. The number of amides is 1. The molecule has 4 aliphatic rings. The highest BCUT2D eigenvalue weighted by Gasteiger charge is 2.55. The monoisotopic (exact) mass is 1090 g/mol. The van der Waals surface area contributed by atoms with Crippen molar-refractivity contribution in [3.63, 3.8) is 0 Å². The van der Waals surface area contributed by atoms with Gasteiger partial charge in [-0.3, -0.25) is 24.7 Å². The summed E-state index contributed by atoms with van der Waals surface area (Å²) in [5.41, 5.74) is 1.36. The van der Waals surface area contributed by atoms with Gasteiger partial charge in [0, 0.05) is 106 Å². The second-order valence-electron chi connectivity index (χ2n) is 22.2. The van der Waals surface area contributed by atoms with Crippen LogP contribution in [0.1, 0.15) is 92.4 Å². The third-order valence-electron chi connectivity index (χ3n) is 16.5. The van der Waals surface area contributed by atoms with E-state index in [0.29, 0.717) is 49.2 Å². The molecule has 0 bridgehead atoms. The minimum Gasteiger partial charge on any atom is -0.497 e. The summed E-state index contributed by atoms with van der Waals surface area (Å²) >= 11 is 0. The Morgan fingerprint density at radius 2 is 1.71 bits per heavy atom. The first-order valence-corrected chi connectivity index (χ1v) is 28.1. The van der Waals surface area contributed by atoms with Crippen molar-refractivity contribution in [3.8, 4) is 17.2 Å². The summed E-state index contributed by atoms with van der Waals surface area (Å²) in [7, 11) is -3.29. The predicted molar refractivity (Wildman–Crippen MR) is 294 cm³/mol. The summed E-state index contributed by atoms with van der Waals surface area (Å²) in [6.45, 7) is 14.0. The van der Waals surface area contributed by atoms with Gasteiger partial charge in [0.1, 0.15) is 50.5 Å². The molecule has 7 aromatic rings. The number of hydrogen-bond donors (Lipinski definition) is 4. The molecule has 1 spiro atoms. The summed E-state index contributed by atoms with van der Waals surface area (Å²) in [5, 5.41) is 16.2. The van der Waals surface area contributed by atoms with Crippen LogP contribution in [0.2, 0.25) is 0 Å². The lowest BCUT2D eigenvalue weighted by Gasteiger charge is -2.63. The Morgan fingerprint density at radius 1 is 0.949 bits per heavy atom. The Balaban J connectivity index is 0.827. The molecule has 0 radical (unpaired) electrons. The number of nitrogens with zero attached hydrogens (tertiary/aromatic N) is 7. The van der Waals surface area contributed by atoms with Gasteiger partial charge in [0.15, 0.2) is 0 Å². The van der Waals surface area contributed by atoms with Crippen LogP contribution in [-0.2, 0) is 16.6 Å². The number of nitrogens with one attached hydrogen (secondary N) is 4. The molecule has 11 rings (SSSR count). The molecule has 3 aliphatic heterocycles. The molecule has 3 saturated heterocycles. The van der Waals surface area contributed by atoms with Crippen LogP contribution in [0.3, 0.4) is 0 Å². The molecule has 1 aliphatic carbocycles. The second-order valence-corrected chi connectivity index (χ2v) is 23.9. The van der Waals surface area contributed by atoms with Crippen molar-refractivity contribution in [2.75, 3.05) is 69.7 Å². The van der Waals surface area contributed by atoms with Gasteiger partial charge in [-0.2, -0.15) is 0 Å². The van der Waals surface area contributed by atoms with Gasteiger partial charge in [-0.15, -0.1) is 0 Å². The Bertz CT molecular complexity index is 3500. The number of H-pyrrole nitrogens is 2. The zero-order valence-corrected chi connectivity index (χ0v) is 45.2. The molecule has 410 valence electrons. The van der Waals surface area contributed by atoms with Crippen LogP contribution in [-0.4, -0.2) is 131 Å². The third-order valence-corrected chi connectivity index (χ3v) is 17.9. The number of nitro groups is 1. The van der Waals surface area contributed by atoms with Crippen molar-refractivity contribution in [1.82, 2.24) is 39.4 Å². The van der Waals surface area contributed by atoms with E-state index >= 15 is 8.78 Å². The van der Waals surface area contributed by atoms with Crippen LogP contribution in [0.5, 0.6) is 17.2 Å². The van der Waals surface area contributed by atoms with Crippen molar-refractivity contribution in [3.05, 3.63) is 136 Å². The number of rotatable bonds is 17. The number of pyridine rings is 1. The number of aromatic amines is 2. The number of carbonyl (C=O) groups excluding carboxylic acids is 1. The van der Waals surface area contributed by atoms with Crippen LogP contribution in [0.4, 0.5) is 25.8 Å². The molecular weight excluding hydrogens is 1020 g/mol. The van der Waals surface area contributed by atoms with E-state index in [4.69, 9.17) is 9.47 Å². The lowest BCUT2D eigenvalue weighted by molar-refractivity contribution is -0.384. The SMILES string of the molecule is COc1ccc(CN2CCN(C3CC4(C3)CN(c3cc(Oc5cnc6[nH]ccc6c5)c(C(=O)NS(=O)(=O)c5cc([N+](=O)[O-])c(NCC6(F)CCN(C(C)C)CC6)c6[nH]cnc56)cc3F)C4)C(c3ccccc3C(C)C)C2)cc1. The lowest BCUT2D eigenvalue weighted by atomic mass is 9.59. The number of imidazole rings is 1. The summed E-state index contributed by atoms with van der Waals surface area (Å²) in [6, 6.07) is 24.4. The fraction of sp³-hybridized carbons (Fsp3) is 0.421. The molecule has 78 heavy (non-hydrogen) atoms. The fourth-order valence-electron chi connectivity index (χ4n) is 12.2. The largest absolute Gasteiger partial charge is 0.497 e. The van der Waals surface area contributed by atoms with Gasteiger partial charge in [0.2, 0.25) is 0 Å². The van der Waals surface area contributed by atoms with E-state index in [2.05, 4.69) is 90.2 Å². The number of carbonyl (C=O) groups is 1. The summed E-state index contributed by atoms with van der Waals surface area (Å²) in [5.74, 6) is -0.782. The van der Waals surface area contributed by atoms with E-state index in [-0.39, 0.29) is 70.8 Å². The van der Waals surface area contributed by atoms with Gasteiger partial charge >= 0.3 is 0 Å². The Labute approximate surface area is 451 Å². The molecule has 21 heteroatoms. The molecular formula is C57H65F2N11O7S. The fourth-order valence-corrected chi connectivity index (χ4v) is 13.4. The van der Waals surface area contributed by atoms with E-state index < -0.39 is 48.5 Å². The minimum absolute atomic E-state index is 0.0578. The van der Waals surface area contributed by atoms with Gasteiger partial charge in [0.05, 0.1) is 41.3 Å². The van der Waals surface area contributed by atoms with Crippen molar-refractivity contribution < 1.29 is 36.4 Å². The number of halogens is 2. The molecule has 1 unspecified atom stereocenters. The van der Waals surface area contributed by atoms with E-state index in [1.165, 1.54) is 29.0 Å². The van der Waals surface area contributed by atoms with Gasteiger partial charge in [-0.25, -0.2) is 31.9 Å². The first-order valence-electron chi connectivity index (χ1n) is 26.7. The number of benzene rings is 4. The number of fused-ring (bicyclic) bond motifs is 2. The van der Waals surface area contributed by atoms with Crippen LogP contribution >= 0.6 is 0 Å². The van der Waals surface area contributed by atoms with Gasteiger partial charge < -0.3 is 34.6 Å². The first-order chi connectivity index (χ1) is 37.4. The number of methoxy groups -OCH3 is 1. The van der Waals surface area contributed by atoms with Crippen LogP contribution in [0.25, 0.3) is 22.1 Å². The number of anilines is 2. The molecule has 1 amide bonds. The zero-order chi connectivity index (χ0) is 54.7. The maximum absolute atomic E-state index is 16.7. The third kappa shape index (κ3) is 10.4. The highest BCUT2D eigenvalue weighted by Crippen LogP contribution is 2.54. The summed E-state index contributed by atoms with van der Waals surface area (Å²) in [4.78, 5) is 49.1. The molecule has 4 N–H and O–H groups in total. The van der Waals surface area contributed by atoms with Gasteiger partial charge in [0.25, 0.3) is 21.6 Å². The maximum Gasteiger partial charge on any atom is 0.296 e. The van der Waals surface area contributed by atoms with E-state index in [0.717, 1.165) is 63.2 Å². The molecule has 18 nitrogen and oxygen atoms in total. The summed E-state index contributed by atoms with van der Waals surface area (Å²) < 4.78 is 75.1. The number of aromatic nitrogens is 4. The number of sulfonamides is 1. The number of likely N-dealkylation sites (tertiary alicyclic amines) is 1. The number of alkyl halides is 1. The standard InChI is InChI=1S/C57H65F2N11O7S/c1-35(2)42-8-6-7-9-43(42)48-30-66(29-37-10-12-40(76-5)13-11-37)20-21-69(48)39-26-56(27-39)32-68(33-56)46-24-49(77-41-22-38-14-17-60-54(38)61-28-41)44(23-45(46)58)55(71)65-78(74,75)50-25-47(70(72)73)51(53-52(50)63-34-64-53)62-31-57(59)15-18-67(19-16-57)36(3)4/h6-14,17,22-25,28,34-36,39,48,62H,15-16,18-21,26-27,29-33H2,1-5H3,(H,60,61)(H,63,64)(H,65,71). The van der Waals surface area contributed by atoms with E-state index in [1.54, 1.807) is 25.4 Å². The highest BCUT2D eigenvalue weighted by atomic mass is 32.2. The van der Waals surface area contributed by atoms with Gasteiger partial charge in [-0.05, 0) is 92.5 Å². The zero-order valence-electron chi connectivity index (χ0n) is 44.4. The number of piperazine rings is 1. The smallest absolute Gasteiger partial charge is 0.296 e. The number of piperidine rings is 1. The average Bonchev–Trinajstić information content (AvgIpc) is 4.10.